The molecule has 2 amide bonds. The number of nitrogens with one attached hydrogen (secondary N) is 1. The van der Waals surface area contributed by atoms with Gasteiger partial charge in [0.15, 0.2) is 0 Å². The molecule has 1 aromatic rings. The van der Waals surface area contributed by atoms with Gasteiger partial charge >= 0.3 is 0 Å². The number of benzene rings is 1. The zero-order valence-electron chi connectivity index (χ0n) is 15.3. The summed E-state index contributed by atoms with van der Waals surface area (Å²) in [4.78, 5) is 32.2. The van der Waals surface area contributed by atoms with E-state index in [1.807, 2.05) is 36.9 Å². The number of rotatable bonds is 5. The van der Waals surface area contributed by atoms with Crippen LogP contribution in [0.15, 0.2) is 29.4 Å². The maximum atomic E-state index is 12.9. The maximum Gasteiger partial charge on any atom is 0.269 e. The molecule has 140 valence electrons. The highest BCUT2D eigenvalue weighted by Crippen LogP contribution is 2.35. The van der Waals surface area contributed by atoms with Crippen LogP contribution in [0.3, 0.4) is 0 Å². The van der Waals surface area contributed by atoms with Crippen molar-refractivity contribution in [3.63, 3.8) is 0 Å². The van der Waals surface area contributed by atoms with Crippen LogP contribution in [-0.4, -0.2) is 54.3 Å². The Morgan fingerprint density at radius 2 is 2.00 bits per heavy atom. The van der Waals surface area contributed by atoms with Gasteiger partial charge in [-0.25, -0.2) is 0 Å². The molecule has 7 heteroatoms. The predicted molar refractivity (Wildman–Crippen MR) is 97.3 cm³/mol. The van der Waals surface area contributed by atoms with E-state index in [1.54, 1.807) is 6.07 Å². The maximum absolute atomic E-state index is 12.9. The number of nitrogens with zero attached hydrogens (tertiary/aromatic N) is 2. The van der Waals surface area contributed by atoms with Crippen molar-refractivity contribution >= 4 is 17.5 Å². The predicted octanol–water partition coefficient (Wildman–Crippen LogP) is 1.97. The molecule has 1 fully saturated rings. The molecule has 0 saturated carbocycles. The second-order valence-electron chi connectivity index (χ2n) is 6.57. The molecule has 3 rings (SSSR count). The van der Waals surface area contributed by atoms with Gasteiger partial charge in [-0.05, 0) is 26.0 Å². The van der Waals surface area contributed by atoms with Crippen LogP contribution in [0.4, 0.5) is 0 Å². The molecule has 1 N–H and O–H groups in total. The number of likely N-dealkylation sites (tertiary alicyclic amines) is 1. The van der Waals surface area contributed by atoms with Crippen LogP contribution >= 0.6 is 0 Å². The van der Waals surface area contributed by atoms with Gasteiger partial charge in [0.25, 0.3) is 11.8 Å². The van der Waals surface area contributed by atoms with Gasteiger partial charge in [-0.15, -0.1) is 0 Å². The van der Waals surface area contributed by atoms with Crippen molar-refractivity contribution in [1.82, 2.24) is 10.2 Å². The first-order chi connectivity index (χ1) is 12.6. The Morgan fingerprint density at radius 1 is 1.27 bits per heavy atom. The molecular weight excluding hydrogens is 334 g/mol. The van der Waals surface area contributed by atoms with Crippen molar-refractivity contribution in [3.05, 3.63) is 29.8 Å². The fourth-order valence-electron chi connectivity index (χ4n) is 3.39. The average molecular weight is 359 g/mol. The lowest BCUT2D eigenvalue weighted by atomic mass is 9.86. The molecular formula is C19H25N3O4. The number of hydrogen-bond acceptors (Lipinski definition) is 5. The van der Waals surface area contributed by atoms with Crippen LogP contribution in [0, 0.1) is 0 Å². The van der Waals surface area contributed by atoms with E-state index < -0.39 is 5.60 Å². The van der Waals surface area contributed by atoms with Crippen molar-refractivity contribution in [3.8, 4) is 5.75 Å². The number of para-hydroxylation sites is 1. The first-order valence-electron chi connectivity index (χ1n) is 9.13. The van der Waals surface area contributed by atoms with Crippen LogP contribution in [0.1, 0.15) is 43.5 Å². The molecule has 2 aliphatic rings. The molecule has 0 aliphatic carbocycles. The van der Waals surface area contributed by atoms with E-state index in [1.165, 1.54) is 0 Å². The van der Waals surface area contributed by atoms with Gasteiger partial charge in [0, 0.05) is 38.9 Å². The van der Waals surface area contributed by atoms with Crippen LogP contribution in [0.5, 0.6) is 5.75 Å². The molecule has 0 aromatic heterocycles. The molecule has 0 radical (unpaired) electrons. The summed E-state index contributed by atoms with van der Waals surface area (Å²) in [7, 11) is 0. The Kier molecular flexibility index (Phi) is 5.44. The largest absolute Gasteiger partial charge is 0.493 e. The summed E-state index contributed by atoms with van der Waals surface area (Å²) in [5, 5.41) is 6.73. The number of carbonyl (C=O) groups excluding carboxylic acids is 2. The fourth-order valence-corrected chi connectivity index (χ4v) is 3.39. The van der Waals surface area contributed by atoms with E-state index in [0.29, 0.717) is 62.5 Å². The number of carbonyl (C=O) groups is 2. The third kappa shape index (κ3) is 3.66. The lowest BCUT2D eigenvalue weighted by Gasteiger charge is -2.37. The Balaban J connectivity index is 1.61. The van der Waals surface area contributed by atoms with Crippen molar-refractivity contribution in [2.45, 2.75) is 38.7 Å². The normalized spacial score (nSPS) is 18.2. The van der Waals surface area contributed by atoms with Crippen LogP contribution < -0.4 is 10.1 Å². The van der Waals surface area contributed by atoms with E-state index in [2.05, 4.69) is 10.5 Å². The summed E-state index contributed by atoms with van der Waals surface area (Å²) < 4.78 is 5.57. The van der Waals surface area contributed by atoms with Crippen LogP contribution in [0.2, 0.25) is 0 Å². The second-order valence-corrected chi connectivity index (χ2v) is 6.57. The number of amides is 2. The van der Waals surface area contributed by atoms with Gasteiger partial charge in [-0.2, -0.15) is 0 Å². The third-order valence-corrected chi connectivity index (χ3v) is 4.82. The molecule has 0 unspecified atom stereocenters. The summed E-state index contributed by atoms with van der Waals surface area (Å²) >= 11 is 0. The van der Waals surface area contributed by atoms with E-state index in [4.69, 9.17) is 9.57 Å². The zero-order valence-corrected chi connectivity index (χ0v) is 15.3. The lowest BCUT2D eigenvalue weighted by Crippen LogP contribution is -2.47. The van der Waals surface area contributed by atoms with Gasteiger partial charge < -0.3 is 19.8 Å². The monoisotopic (exact) mass is 359 g/mol. The van der Waals surface area contributed by atoms with E-state index in [9.17, 15) is 9.59 Å². The smallest absolute Gasteiger partial charge is 0.269 e. The van der Waals surface area contributed by atoms with Crippen molar-refractivity contribution in [1.29, 1.82) is 0 Å². The van der Waals surface area contributed by atoms with E-state index in [-0.39, 0.29) is 11.8 Å². The second kappa shape index (κ2) is 7.76. The Labute approximate surface area is 153 Å². The minimum atomic E-state index is -0.462. The molecule has 1 aromatic carbocycles. The molecule has 1 saturated heterocycles. The number of piperidine rings is 1. The standard InChI is InChI=1S/C19H25N3O4/c1-3-20-17(23)15-13-19(26-21-15)9-11-22(12-10-19)18(24)14-7-5-6-8-16(14)25-4-2/h5-8H,3-4,9-13H2,1-2H3,(H,20,23). The van der Waals surface area contributed by atoms with Crippen molar-refractivity contribution in [2.24, 2.45) is 5.16 Å². The number of oxime groups is 1. The minimum absolute atomic E-state index is 0.0354. The summed E-state index contributed by atoms with van der Waals surface area (Å²) in [6.07, 6.45) is 1.81. The SMILES string of the molecule is CCNC(=O)C1=NOC2(CCN(C(=O)c3ccccc3OCC)CC2)C1. The quantitative estimate of drug-likeness (QED) is 0.872. The van der Waals surface area contributed by atoms with Gasteiger partial charge in [-0.1, -0.05) is 17.3 Å². The van der Waals surface area contributed by atoms with Crippen LogP contribution in [0.25, 0.3) is 0 Å². The van der Waals surface area contributed by atoms with Gasteiger partial charge in [0.05, 0.1) is 12.2 Å². The van der Waals surface area contributed by atoms with Crippen molar-refractivity contribution in [2.75, 3.05) is 26.2 Å². The topological polar surface area (TPSA) is 80.2 Å². The molecule has 1 spiro atoms. The lowest BCUT2D eigenvalue weighted by molar-refractivity contribution is -0.114. The summed E-state index contributed by atoms with van der Waals surface area (Å²) in [5.74, 6) is 0.402. The van der Waals surface area contributed by atoms with Crippen molar-refractivity contribution < 1.29 is 19.2 Å². The molecule has 0 bridgehead atoms. The highest BCUT2D eigenvalue weighted by Gasteiger charge is 2.44. The fraction of sp³-hybridized carbons (Fsp3) is 0.526. The van der Waals surface area contributed by atoms with E-state index in [0.717, 1.165) is 0 Å². The van der Waals surface area contributed by atoms with E-state index >= 15 is 0 Å². The highest BCUT2D eigenvalue weighted by molar-refractivity contribution is 6.39. The van der Waals surface area contributed by atoms with Gasteiger partial charge in [0.2, 0.25) is 0 Å². The number of ether oxygens (including phenoxy) is 1. The molecule has 7 nitrogen and oxygen atoms in total. The van der Waals surface area contributed by atoms with Gasteiger partial charge in [0.1, 0.15) is 17.1 Å². The Hall–Kier alpha value is -2.57. The van der Waals surface area contributed by atoms with Crippen LogP contribution in [-0.2, 0) is 9.63 Å². The Morgan fingerprint density at radius 3 is 2.69 bits per heavy atom. The first-order valence-corrected chi connectivity index (χ1v) is 9.13. The summed E-state index contributed by atoms with van der Waals surface area (Å²) in [6, 6.07) is 7.31. The van der Waals surface area contributed by atoms with Gasteiger partial charge in [-0.3, -0.25) is 9.59 Å². The molecule has 2 aliphatic heterocycles. The first kappa shape index (κ1) is 18.2. The summed E-state index contributed by atoms with van der Waals surface area (Å²) in [6.45, 7) is 5.98. The average Bonchev–Trinajstić information content (AvgIpc) is 3.07. The minimum Gasteiger partial charge on any atom is -0.493 e. The summed E-state index contributed by atoms with van der Waals surface area (Å²) in [5.41, 5.74) is 0.557. The molecule has 2 heterocycles. The highest BCUT2D eigenvalue weighted by atomic mass is 16.7. The third-order valence-electron chi connectivity index (χ3n) is 4.82. The molecule has 26 heavy (non-hydrogen) atoms. The Bertz CT molecular complexity index is 708. The molecule has 0 atom stereocenters. The number of hydrogen-bond donors (Lipinski definition) is 1. The zero-order chi connectivity index (χ0) is 18.6.